The summed E-state index contributed by atoms with van der Waals surface area (Å²) in [4.78, 5) is 36.1. The predicted molar refractivity (Wildman–Crippen MR) is 137 cm³/mol. The van der Waals surface area contributed by atoms with Gasteiger partial charge in [-0.15, -0.1) is 0 Å². The van der Waals surface area contributed by atoms with E-state index in [9.17, 15) is 14.9 Å². The number of ketones is 1. The number of nitrogens with zero attached hydrogens (tertiary/aromatic N) is 6. The Morgan fingerprint density at radius 3 is 2.50 bits per heavy atom. The molecule has 0 fully saturated rings. The standard InChI is InChI=1S/C27H23ClN6O4/c1-14(2)23-21-22(32-34(23)19-13-30-27(38-4)31-25(19)37-3)26(36)33(17-9-10-20(35)18(28)11-17)24(21)16-7-5-15(12-29)6-8-16/h5-9,11,13-14,24H,10H2,1-4H3. The first-order valence-corrected chi connectivity index (χ1v) is 12.2. The van der Waals surface area contributed by atoms with E-state index in [-0.39, 0.29) is 46.6 Å². The van der Waals surface area contributed by atoms with Crippen LogP contribution in [0, 0.1) is 11.3 Å². The molecule has 38 heavy (non-hydrogen) atoms. The predicted octanol–water partition coefficient (Wildman–Crippen LogP) is 4.20. The molecule has 1 amide bonds. The van der Waals surface area contributed by atoms with Crippen molar-refractivity contribution in [2.45, 2.75) is 32.2 Å². The third kappa shape index (κ3) is 4.01. The number of aromatic nitrogens is 4. The SMILES string of the molecule is COc1ncc(-n2nc3c(c2C(C)C)C(c2ccc(C#N)cc2)N(C2=CCC(=O)C(Cl)=C2)C3=O)c(OC)n1. The van der Waals surface area contributed by atoms with Gasteiger partial charge in [-0.1, -0.05) is 43.7 Å². The highest BCUT2D eigenvalue weighted by atomic mass is 35.5. The summed E-state index contributed by atoms with van der Waals surface area (Å²) in [7, 11) is 2.94. The van der Waals surface area contributed by atoms with Crippen LogP contribution in [0.1, 0.15) is 65.1 Å². The highest BCUT2D eigenvalue weighted by molar-refractivity contribution is 6.43. The van der Waals surface area contributed by atoms with E-state index in [4.69, 9.17) is 26.2 Å². The van der Waals surface area contributed by atoms with E-state index in [1.807, 2.05) is 26.0 Å². The second kappa shape index (κ2) is 9.76. The first-order valence-electron chi connectivity index (χ1n) is 11.8. The average molecular weight is 531 g/mol. The number of ether oxygens (including phenoxy) is 2. The van der Waals surface area contributed by atoms with Gasteiger partial charge in [0.1, 0.15) is 5.69 Å². The Labute approximate surface area is 223 Å². The number of halogens is 1. The zero-order chi connectivity index (χ0) is 27.1. The van der Waals surface area contributed by atoms with Crippen LogP contribution in [0.3, 0.4) is 0 Å². The first-order chi connectivity index (χ1) is 18.3. The number of allylic oxidation sites excluding steroid dienone is 3. The van der Waals surface area contributed by atoms with E-state index in [1.54, 1.807) is 27.8 Å². The highest BCUT2D eigenvalue weighted by Gasteiger charge is 2.46. The summed E-state index contributed by atoms with van der Waals surface area (Å²) in [6, 6.07) is 8.72. The van der Waals surface area contributed by atoms with Crippen LogP contribution in [0.15, 0.2) is 53.3 Å². The van der Waals surface area contributed by atoms with Crippen LogP contribution >= 0.6 is 11.6 Å². The topological polar surface area (TPSA) is 123 Å². The summed E-state index contributed by atoms with van der Waals surface area (Å²) in [5.41, 5.74) is 3.96. The number of rotatable bonds is 6. The minimum Gasteiger partial charge on any atom is -0.479 e. The average Bonchev–Trinajstić information content (AvgIpc) is 3.45. The summed E-state index contributed by atoms with van der Waals surface area (Å²) in [6.45, 7) is 4.01. The number of Topliss-reactive ketones (excluding diaryl/α,β-unsaturated/α-hetero) is 1. The first kappa shape index (κ1) is 25.2. The van der Waals surface area contributed by atoms with Gasteiger partial charge in [0, 0.05) is 17.7 Å². The molecule has 0 N–H and O–H groups in total. The molecule has 3 heterocycles. The lowest BCUT2D eigenvalue weighted by Crippen LogP contribution is -2.30. The maximum absolute atomic E-state index is 14.0. The molecule has 2 aliphatic rings. The molecule has 1 aliphatic carbocycles. The molecule has 3 aromatic rings. The van der Waals surface area contributed by atoms with Crippen LogP contribution in [-0.4, -0.2) is 50.6 Å². The minimum absolute atomic E-state index is 0.0627. The van der Waals surface area contributed by atoms with Crippen LogP contribution < -0.4 is 9.47 Å². The van der Waals surface area contributed by atoms with Crippen LogP contribution in [0.2, 0.25) is 0 Å². The van der Waals surface area contributed by atoms with E-state index < -0.39 is 6.04 Å². The van der Waals surface area contributed by atoms with Crippen LogP contribution in [-0.2, 0) is 4.79 Å². The van der Waals surface area contributed by atoms with Gasteiger partial charge in [-0.3, -0.25) is 14.5 Å². The normalized spacial score (nSPS) is 16.8. The maximum Gasteiger partial charge on any atom is 0.319 e. The van der Waals surface area contributed by atoms with Crippen molar-refractivity contribution in [3.05, 3.63) is 81.4 Å². The van der Waals surface area contributed by atoms with Gasteiger partial charge in [-0.2, -0.15) is 15.3 Å². The molecule has 0 saturated heterocycles. The number of benzene rings is 1. The van der Waals surface area contributed by atoms with Gasteiger partial charge in [0.2, 0.25) is 5.88 Å². The Bertz CT molecular complexity index is 1570. The fourth-order valence-corrected chi connectivity index (χ4v) is 4.95. The fraction of sp³-hybridized carbons (Fsp3) is 0.259. The molecule has 11 heteroatoms. The zero-order valence-corrected chi connectivity index (χ0v) is 21.9. The summed E-state index contributed by atoms with van der Waals surface area (Å²) < 4.78 is 12.3. The quantitative estimate of drug-likeness (QED) is 0.464. The van der Waals surface area contributed by atoms with Gasteiger partial charge < -0.3 is 9.47 Å². The van der Waals surface area contributed by atoms with E-state index in [1.165, 1.54) is 26.5 Å². The fourth-order valence-electron chi connectivity index (χ4n) is 4.76. The largest absolute Gasteiger partial charge is 0.479 e. The molecule has 192 valence electrons. The third-order valence-corrected chi connectivity index (χ3v) is 6.77. The molecule has 0 saturated carbocycles. The Morgan fingerprint density at radius 1 is 1.16 bits per heavy atom. The van der Waals surface area contributed by atoms with Gasteiger partial charge in [0.25, 0.3) is 5.91 Å². The molecule has 1 aliphatic heterocycles. The minimum atomic E-state index is -0.582. The van der Waals surface area contributed by atoms with E-state index in [2.05, 4.69) is 16.0 Å². The maximum atomic E-state index is 14.0. The Hall–Kier alpha value is -4.49. The molecule has 5 rings (SSSR count). The summed E-state index contributed by atoms with van der Waals surface area (Å²) in [5, 5.41) is 14.1. The van der Waals surface area contributed by atoms with Gasteiger partial charge >= 0.3 is 6.01 Å². The van der Waals surface area contributed by atoms with Crippen molar-refractivity contribution in [2.75, 3.05) is 14.2 Å². The Kier molecular flexibility index (Phi) is 6.46. The molecular weight excluding hydrogens is 508 g/mol. The van der Waals surface area contributed by atoms with Crippen molar-refractivity contribution in [2.24, 2.45) is 0 Å². The number of nitriles is 1. The number of hydrogen-bond donors (Lipinski definition) is 0. The highest BCUT2D eigenvalue weighted by Crippen LogP contribution is 2.46. The third-order valence-electron chi connectivity index (χ3n) is 6.45. The van der Waals surface area contributed by atoms with Crippen molar-refractivity contribution in [1.29, 1.82) is 5.26 Å². The monoisotopic (exact) mass is 530 g/mol. The number of hydrogen-bond acceptors (Lipinski definition) is 8. The molecule has 0 spiro atoms. The van der Waals surface area contributed by atoms with Gasteiger partial charge in [0.15, 0.2) is 11.5 Å². The molecule has 1 unspecified atom stereocenters. The van der Waals surface area contributed by atoms with Gasteiger partial charge in [0.05, 0.1) is 48.8 Å². The molecule has 1 aromatic carbocycles. The smallest absolute Gasteiger partial charge is 0.319 e. The Balaban J connectivity index is 1.75. The summed E-state index contributed by atoms with van der Waals surface area (Å²) in [6.07, 6.45) is 4.83. The molecule has 10 nitrogen and oxygen atoms in total. The number of fused-ring (bicyclic) bond motifs is 1. The van der Waals surface area contributed by atoms with Crippen molar-refractivity contribution in [1.82, 2.24) is 24.6 Å². The zero-order valence-electron chi connectivity index (χ0n) is 21.1. The lowest BCUT2D eigenvalue weighted by Gasteiger charge is -2.29. The van der Waals surface area contributed by atoms with Gasteiger partial charge in [-0.25, -0.2) is 9.67 Å². The van der Waals surface area contributed by atoms with E-state index >= 15 is 0 Å². The van der Waals surface area contributed by atoms with Crippen molar-refractivity contribution in [3.8, 4) is 23.6 Å². The van der Waals surface area contributed by atoms with Crippen LogP contribution in [0.25, 0.3) is 5.69 Å². The summed E-state index contributed by atoms with van der Waals surface area (Å²) in [5.74, 6) is -0.394. The van der Waals surface area contributed by atoms with E-state index in [0.717, 1.165) is 11.3 Å². The van der Waals surface area contributed by atoms with Gasteiger partial charge in [-0.05, 0) is 29.7 Å². The molecular formula is C27H23ClN6O4. The number of amides is 1. The number of carbonyl (C=O) groups is 2. The van der Waals surface area contributed by atoms with Crippen molar-refractivity contribution in [3.63, 3.8) is 0 Å². The summed E-state index contributed by atoms with van der Waals surface area (Å²) >= 11 is 6.19. The van der Waals surface area contributed by atoms with Crippen LogP contribution in [0.4, 0.5) is 0 Å². The Morgan fingerprint density at radius 2 is 1.89 bits per heavy atom. The number of carbonyl (C=O) groups excluding carboxylic acids is 2. The lowest BCUT2D eigenvalue weighted by atomic mass is 9.93. The molecule has 0 radical (unpaired) electrons. The molecule has 0 bridgehead atoms. The van der Waals surface area contributed by atoms with Crippen LogP contribution in [0.5, 0.6) is 11.9 Å². The van der Waals surface area contributed by atoms with Crippen molar-refractivity contribution >= 4 is 23.3 Å². The number of methoxy groups -OCH3 is 2. The van der Waals surface area contributed by atoms with Crippen molar-refractivity contribution < 1.29 is 19.1 Å². The lowest BCUT2D eigenvalue weighted by molar-refractivity contribution is -0.114. The molecule has 2 aromatic heterocycles. The second-order valence-corrected chi connectivity index (χ2v) is 9.43. The van der Waals surface area contributed by atoms with E-state index in [0.29, 0.717) is 22.5 Å². The second-order valence-electron chi connectivity index (χ2n) is 9.03. The molecule has 1 atom stereocenters.